The summed E-state index contributed by atoms with van der Waals surface area (Å²) in [4.78, 5) is 6.49. The minimum atomic E-state index is -1.67. The van der Waals surface area contributed by atoms with Gasteiger partial charge in [0.25, 0.3) is 0 Å². The van der Waals surface area contributed by atoms with Crippen LogP contribution in [-0.2, 0) is 0 Å². The molecule has 1 unspecified atom stereocenters. The van der Waals surface area contributed by atoms with Gasteiger partial charge in [0.1, 0.15) is 8.07 Å². The average Bonchev–Trinajstić information content (AvgIpc) is 3.48. The molecule has 3 heterocycles. The molecule has 3 heteroatoms. The molecule has 0 N–H and O–H groups in total. The van der Waals surface area contributed by atoms with Crippen molar-refractivity contribution >= 4 is 41.1 Å². The monoisotopic (exact) mass is 530 g/mol. The van der Waals surface area contributed by atoms with Gasteiger partial charge in [-0.25, -0.2) is 0 Å². The highest BCUT2D eigenvalue weighted by molar-refractivity contribution is 7.29. The lowest BCUT2D eigenvalue weighted by Gasteiger charge is -2.33. The first-order chi connectivity index (χ1) is 17.1. The zero-order valence-corrected chi connectivity index (χ0v) is 26.4. The predicted molar refractivity (Wildman–Crippen MR) is 166 cm³/mol. The minimum Gasteiger partial charge on any atom is -0.140 e. The van der Waals surface area contributed by atoms with Crippen molar-refractivity contribution in [1.82, 2.24) is 0 Å². The molecule has 0 amide bonds. The van der Waals surface area contributed by atoms with Crippen LogP contribution in [0.25, 0.3) is 9.75 Å². The summed E-state index contributed by atoms with van der Waals surface area (Å²) < 4.78 is 0. The van der Waals surface area contributed by atoms with Crippen molar-refractivity contribution in [2.24, 2.45) is 5.92 Å². The number of aryl methyl sites for hydroxylation is 2. The van der Waals surface area contributed by atoms with Crippen molar-refractivity contribution in [2.75, 3.05) is 0 Å². The number of unbranched alkanes of at least 4 members (excludes halogenated alkanes) is 11. The third-order valence-corrected chi connectivity index (χ3v) is 16.4. The Balaban J connectivity index is 1.83. The highest BCUT2D eigenvalue weighted by Crippen LogP contribution is 2.44. The Morgan fingerprint density at radius 3 is 1.54 bits per heavy atom. The summed E-state index contributed by atoms with van der Waals surface area (Å²) in [6, 6.07) is 8.35. The second-order valence-electron chi connectivity index (χ2n) is 11.6. The van der Waals surface area contributed by atoms with Gasteiger partial charge in [-0.2, -0.15) is 0 Å². The molecular weight excluding hydrogens is 477 g/mol. The molecule has 0 saturated heterocycles. The molecule has 0 aliphatic carbocycles. The first kappa shape index (κ1) is 29.2. The fourth-order valence-electron chi connectivity index (χ4n) is 6.58. The topological polar surface area (TPSA) is 0 Å². The van der Waals surface area contributed by atoms with Gasteiger partial charge < -0.3 is 0 Å². The molecule has 0 nitrogen and oxygen atoms in total. The molecule has 1 atom stereocenters. The maximum Gasteiger partial charge on any atom is 0.122 e. The van der Waals surface area contributed by atoms with E-state index in [0.29, 0.717) is 0 Å². The Bertz CT molecular complexity index is 815. The van der Waals surface area contributed by atoms with Crippen molar-refractivity contribution in [3.05, 3.63) is 21.9 Å². The van der Waals surface area contributed by atoms with Crippen molar-refractivity contribution in [2.45, 2.75) is 149 Å². The van der Waals surface area contributed by atoms with Gasteiger partial charge in [-0.05, 0) is 54.4 Å². The van der Waals surface area contributed by atoms with Crippen LogP contribution in [0.3, 0.4) is 0 Å². The minimum absolute atomic E-state index is 0.940. The van der Waals surface area contributed by atoms with Gasteiger partial charge in [-0.1, -0.05) is 124 Å². The van der Waals surface area contributed by atoms with Gasteiger partial charge in [0.2, 0.25) is 0 Å². The fraction of sp³-hybridized carbons (Fsp3) is 0.750. The summed E-state index contributed by atoms with van der Waals surface area (Å²) in [7, 11) is -1.67. The van der Waals surface area contributed by atoms with Crippen LogP contribution >= 0.6 is 22.7 Å². The smallest absolute Gasteiger partial charge is 0.122 e. The second kappa shape index (κ2) is 15.1. The molecule has 0 aromatic carbocycles. The van der Waals surface area contributed by atoms with E-state index in [2.05, 4.69) is 69.4 Å². The second-order valence-corrected chi connectivity index (χ2v) is 18.2. The predicted octanol–water partition coefficient (Wildman–Crippen LogP) is 10.9. The summed E-state index contributed by atoms with van der Waals surface area (Å²) in [6.45, 7) is 11.8. The number of fused-ring (bicyclic) bond motifs is 3. The third kappa shape index (κ3) is 7.80. The molecule has 2 aromatic rings. The Morgan fingerprint density at radius 1 is 0.600 bits per heavy atom. The Hall–Kier alpha value is -0.383. The van der Waals surface area contributed by atoms with Gasteiger partial charge in [-0.3, -0.25) is 0 Å². The summed E-state index contributed by atoms with van der Waals surface area (Å²) >= 11 is 4.21. The lowest BCUT2D eigenvalue weighted by Crippen LogP contribution is -2.55. The van der Waals surface area contributed by atoms with E-state index in [0.717, 1.165) is 5.92 Å². The van der Waals surface area contributed by atoms with Gasteiger partial charge in [0, 0.05) is 19.5 Å². The van der Waals surface area contributed by atoms with Crippen LogP contribution < -0.4 is 10.4 Å². The fourth-order valence-corrected chi connectivity index (χ4v) is 16.3. The number of rotatable bonds is 19. The molecule has 35 heavy (non-hydrogen) atoms. The van der Waals surface area contributed by atoms with E-state index < -0.39 is 8.07 Å². The van der Waals surface area contributed by atoms with E-state index in [1.165, 1.54) is 115 Å². The third-order valence-electron chi connectivity index (χ3n) is 8.47. The van der Waals surface area contributed by atoms with Crippen molar-refractivity contribution in [1.29, 1.82) is 0 Å². The molecule has 0 spiro atoms. The first-order valence-electron chi connectivity index (χ1n) is 15.3. The summed E-state index contributed by atoms with van der Waals surface area (Å²) in [5, 5.41) is 3.72. The number of hydrogen-bond donors (Lipinski definition) is 0. The van der Waals surface area contributed by atoms with Crippen molar-refractivity contribution in [3.63, 3.8) is 0 Å². The molecule has 0 radical (unpaired) electrons. The molecule has 2 aromatic heterocycles. The summed E-state index contributed by atoms with van der Waals surface area (Å²) in [6.07, 6.45) is 22.9. The maximum atomic E-state index is 2.66. The lowest BCUT2D eigenvalue weighted by atomic mass is 9.96. The molecular formula is C32H54S2Si. The molecule has 1 aliphatic heterocycles. The van der Waals surface area contributed by atoms with Crippen LogP contribution in [0.15, 0.2) is 12.1 Å². The molecule has 3 rings (SSSR count). The normalized spacial score (nSPS) is 14.9. The van der Waals surface area contributed by atoms with Crippen molar-refractivity contribution < 1.29 is 0 Å². The standard InChI is InChI=1S/C32H54S2Si/c1-6-9-12-15-16-18-21-28(20-17-13-10-7-2)25-35(22-19-14-11-8-3)29-23-26(4)33-31(29)32-30(35)24-27(5)34-32/h23-24,28H,6-22,25H2,1-5H3. The molecule has 1 aliphatic rings. The summed E-state index contributed by atoms with van der Waals surface area (Å²) in [5.41, 5.74) is 0. The van der Waals surface area contributed by atoms with Crippen LogP contribution in [0.2, 0.25) is 12.1 Å². The average molecular weight is 531 g/mol. The van der Waals surface area contributed by atoms with Crippen LogP contribution in [0.1, 0.15) is 133 Å². The molecule has 0 bridgehead atoms. The van der Waals surface area contributed by atoms with E-state index in [9.17, 15) is 0 Å². The van der Waals surface area contributed by atoms with Gasteiger partial charge in [0.15, 0.2) is 0 Å². The largest absolute Gasteiger partial charge is 0.140 e. The maximum absolute atomic E-state index is 2.66. The van der Waals surface area contributed by atoms with E-state index >= 15 is 0 Å². The SMILES string of the molecule is CCCCCCCCC(CCCCCC)C[Si]1(CCCCCC)c2cc(C)sc2-c2sc(C)cc21. The van der Waals surface area contributed by atoms with Gasteiger partial charge in [0.05, 0.1) is 0 Å². The Labute approximate surface area is 227 Å². The molecule has 0 saturated carbocycles. The van der Waals surface area contributed by atoms with Crippen molar-refractivity contribution in [3.8, 4) is 9.75 Å². The van der Waals surface area contributed by atoms with Crippen LogP contribution in [-0.4, -0.2) is 8.07 Å². The van der Waals surface area contributed by atoms with Crippen LogP contribution in [0.5, 0.6) is 0 Å². The van der Waals surface area contributed by atoms with Gasteiger partial charge >= 0.3 is 0 Å². The first-order valence-corrected chi connectivity index (χ1v) is 19.3. The number of thiophene rings is 2. The van der Waals surface area contributed by atoms with E-state index in [1.807, 2.05) is 10.4 Å². The highest BCUT2D eigenvalue weighted by atomic mass is 32.1. The highest BCUT2D eigenvalue weighted by Gasteiger charge is 2.48. The Morgan fingerprint density at radius 2 is 1.03 bits per heavy atom. The van der Waals surface area contributed by atoms with Crippen LogP contribution in [0.4, 0.5) is 0 Å². The Kier molecular flexibility index (Phi) is 12.6. The van der Waals surface area contributed by atoms with Gasteiger partial charge in [-0.15, -0.1) is 22.7 Å². The number of hydrogen-bond acceptors (Lipinski definition) is 2. The zero-order chi connectivity index (χ0) is 25.1. The zero-order valence-electron chi connectivity index (χ0n) is 23.8. The van der Waals surface area contributed by atoms with Crippen LogP contribution in [0, 0.1) is 19.8 Å². The molecule has 198 valence electrons. The lowest BCUT2D eigenvalue weighted by molar-refractivity contribution is 0.430. The summed E-state index contributed by atoms with van der Waals surface area (Å²) in [5.74, 6) is 0.940. The molecule has 0 fully saturated rings. The van der Waals surface area contributed by atoms with E-state index in [4.69, 9.17) is 0 Å². The van der Waals surface area contributed by atoms with E-state index in [-0.39, 0.29) is 0 Å². The van der Waals surface area contributed by atoms with E-state index in [1.54, 1.807) is 19.5 Å². The quantitative estimate of drug-likeness (QED) is 0.125.